The Kier molecular flexibility index (Phi) is 5.62. The zero-order valence-electron chi connectivity index (χ0n) is 12.7. The minimum absolute atomic E-state index is 0.220. The lowest BCUT2D eigenvalue weighted by atomic mass is 10.1. The van der Waals surface area contributed by atoms with E-state index in [0.717, 1.165) is 17.0 Å². The number of nitrogens with one attached hydrogen (secondary N) is 2. The van der Waals surface area contributed by atoms with Crippen molar-refractivity contribution in [3.05, 3.63) is 59.2 Å². The average Bonchev–Trinajstić information content (AvgIpc) is 2.55. The van der Waals surface area contributed by atoms with Gasteiger partial charge in [-0.3, -0.25) is 9.97 Å². The van der Waals surface area contributed by atoms with Crippen LogP contribution in [0.15, 0.2) is 36.7 Å². The number of aryl methyl sites for hydroxylation is 1. The molecule has 0 aliphatic heterocycles. The molecule has 1 heterocycles. The summed E-state index contributed by atoms with van der Waals surface area (Å²) in [6, 6.07) is 6.07. The molecule has 0 atom stereocenters. The number of carbonyl (C=O) groups is 2. The van der Waals surface area contributed by atoms with Gasteiger partial charge in [-0.1, -0.05) is 12.1 Å². The fraction of sp³-hybridized carbons (Fsp3) is 0.250. The predicted octanol–water partition coefficient (Wildman–Crippen LogP) is 1.53. The summed E-state index contributed by atoms with van der Waals surface area (Å²) in [5.41, 5.74) is 2.72. The lowest BCUT2D eigenvalue weighted by Crippen LogP contribution is -2.36. The number of carboxylic acids is 1. The Morgan fingerprint density at radius 3 is 2.43 bits per heavy atom. The molecule has 0 saturated heterocycles. The number of aromatic carboxylic acids is 1. The van der Waals surface area contributed by atoms with Gasteiger partial charge < -0.3 is 15.7 Å². The summed E-state index contributed by atoms with van der Waals surface area (Å²) in [5, 5.41) is 14.3. The highest BCUT2D eigenvalue weighted by Gasteiger charge is 2.04. The lowest BCUT2D eigenvalue weighted by Gasteiger charge is -2.08. The molecule has 0 aliphatic carbocycles. The molecule has 7 heteroatoms. The summed E-state index contributed by atoms with van der Waals surface area (Å²) >= 11 is 0. The summed E-state index contributed by atoms with van der Waals surface area (Å²) in [6.45, 7) is 2.66. The molecule has 1 aromatic carbocycles. The molecular formula is C16H18N4O3. The van der Waals surface area contributed by atoms with Gasteiger partial charge in [0.2, 0.25) is 0 Å². The van der Waals surface area contributed by atoms with Crippen molar-refractivity contribution < 1.29 is 14.7 Å². The summed E-state index contributed by atoms with van der Waals surface area (Å²) in [4.78, 5) is 30.8. The Hall–Kier alpha value is -2.96. The molecule has 0 bridgehead atoms. The Labute approximate surface area is 133 Å². The number of hydrogen-bond donors (Lipinski definition) is 3. The molecule has 1 aromatic heterocycles. The van der Waals surface area contributed by atoms with Gasteiger partial charge in [-0.05, 0) is 24.6 Å². The van der Waals surface area contributed by atoms with E-state index < -0.39 is 5.97 Å². The second kappa shape index (κ2) is 7.88. The van der Waals surface area contributed by atoms with Crippen molar-refractivity contribution in [2.45, 2.75) is 19.9 Å². The molecule has 0 radical (unpaired) electrons. The first-order chi connectivity index (χ1) is 11.0. The number of hydrogen-bond acceptors (Lipinski definition) is 4. The summed E-state index contributed by atoms with van der Waals surface area (Å²) in [6.07, 6.45) is 3.99. The van der Waals surface area contributed by atoms with E-state index in [0.29, 0.717) is 19.5 Å². The molecule has 0 aliphatic rings. The van der Waals surface area contributed by atoms with E-state index in [4.69, 9.17) is 5.11 Å². The second-order valence-electron chi connectivity index (χ2n) is 5.01. The number of urea groups is 1. The molecule has 0 fully saturated rings. The van der Waals surface area contributed by atoms with E-state index in [1.165, 1.54) is 12.1 Å². The number of carbonyl (C=O) groups excluding carboxylic acids is 1. The smallest absolute Gasteiger partial charge is 0.335 e. The quantitative estimate of drug-likeness (QED) is 0.750. The molecule has 3 N–H and O–H groups in total. The SMILES string of the molecule is Cc1cnc(CCNC(=O)NCc2ccc(C(=O)O)cc2)cn1. The molecule has 23 heavy (non-hydrogen) atoms. The molecule has 2 aromatic rings. The monoisotopic (exact) mass is 314 g/mol. The van der Waals surface area contributed by atoms with Crippen molar-refractivity contribution in [3.63, 3.8) is 0 Å². The van der Waals surface area contributed by atoms with Crippen LogP contribution in [0, 0.1) is 6.92 Å². The molecule has 2 amide bonds. The number of benzene rings is 1. The largest absolute Gasteiger partial charge is 0.478 e. The molecule has 0 spiro atoms. The number of carboxylic acid groups (broad SMARTS) is 1. The van der Waals surface area contributed by atoms with Gasteiger partial charge in [-0.2, -0.15) is 0 Å². The Balaban J connectivity index is 1.70. The Morgan fingerprint density at radius 2 is 1.83 bits per heavy atom. The number of nitrogens with zero attached hydrogens (tertiary/aromatic N) is 2. The van der Waals surface area contributed by atoms with Crippen LogP contribution in [0.3, 0.4) is 0 Å². The third-order valence-electron chi connectivity index (χ3n) is 3.16. The lowest BCUT2D eigenvalue weighted by molar-refractivity contribution is 0.0697. The molecule has 120 valence electrons. The standard InChI is InChI=1S/C16H18N4O3/c1-11-8-19-14(10-18-11)6-7-17-16(23)20-9-12-2-4-13(5-3-12)15(21)22/h2-5,8,10H,6-7,9H2,1H3,(H,21,22)(H2,17,20,23). The Bertz CT molecular complexity index is 669. The molecule has 2 rings (SSSR count). The molecule has 7 nitrogen and oxygen atoms in total. The van der Waals surface area contributed by atoms with Crippen molar-refractivity contribution in [2.75, 3.05) is 6.54 Å². The van der Waals surface area contributed by atoms with Gasteiger partial charge in [-0.15, -0.1) is 0 Å². The van der Waals surface area contributed by atoms with Crippen LogP contribution in [-0.2, 0) is 13.0 Å². The highest BCUT2D eigenvalue weighted by atomic mass is 16.4. The van der Waals surface area contributed by atoms with E-state index in [9.17, 15) is 9.59 Å². The van der Waals surface area contributed by atoms with E-state index in [1.807, 2.05) is 6.92 Å². The van der Waals surface area contributed by atoms with Gasteiger partial charge in [0.15, 0.2) is 0 Å². The highest BCUT2D eigenvalue weighted by Crippen LogP contribution is 2.04. The van der Waals surface area contributed by atoms with E-state index >= 15 is 0 Å². The van der Waals surface area contributed by atoms with Crippen LogP contribution in [0.25, 0.3) is 0 Å². The third-order valence-corrected chi connectivity index (χ3v) is 3.16. The van der Waals surface area contributed by atoms with Crippen LogP contribution >= 0.6 is 0 Å². The molecule has 0 unspecified atom stereocenters. The van der Waals surface area contributed by atoms with E-state index in [1.54, 1.807) is 24.5 Å². The van der Waals surface area contributed by atoms with Gasteiger partial charge in [0, 0.05) is 31.9 Å². The van der Waals surface area contributed by atoms with Crippen molar-refractivity contribution in [1.82, 2.24) is 20.6 Å². The van der Waals surface area contributed by atoms with Gasteiger partial charge in [0.25, 0.3) is 0 Å². The zero-order chi connectivity index (χ0) is 16.7. The Morgan fingerprint density at radius 1 is 1.09 bits per heavy atom. The topological polar surface area (TPSA) is 104 Å². The summed E-state index contributed by atoms with van der Waals surface area (Å²) in [5.74, 6) is -0.971. The minimum Gasteiger partial charge on any atom is -0.478 e. The van der Waals surface area contributed by atoms with Gasteiger partial charge in [0.1, 0.15) is 0 Å². The van der Waals surface area contributed by atoms with Gasteiger partial charge in [0.05, 0.1) is 17.0 Å². The summed E-state index contributed by atoms with van der Waals surface area (Å²) in [7, 11) is 0. The van der Waals surface area contributed by atoms with Crippen LogP contribution < -0.4 is 10.6 Å². The zero-order valence-corrected chi connectivity index (χ0v) is 12.7. The molecule has 0 saturated carbocycles. The normalized spacial score (nSPS) is 10.1. The van der Waals surface area contributed by atoms with E-state index in [-0.39, 0.29) is 11.6 Å². The predicted molar refractivity (Wildman–Crippen MR) is 84.1 cm³/mol. The van der Waals surface area contributed by atoms with Crippen LogP contribution in [0.4, 0.5) is 4.79 Å². The number of amides is 2. The van der Waals surface area contributed by atoms with Crippen molar-refractivity contribution in [2.24, 2.45) is 0 Å². The number of rotatable bonds is 6. The first-order valence-electron chi connectivity index (χ1n) is 7.16. The summed E-state index contributed by atoms with van der Waals surface area (Å²) < 4.78 is 0. The fourth-order valence-electron chi connectivity index (χ4n) is 1.86. The first-order valence-corrected chi connectivity index (χ1v) is 7.16. The maximum Gasteiger partial charge on any atom is 0.335 e. The van der Waals surface area contributed by atoms with Crippen molar-refractivity contribution >= 4 is 12.0 Å². The van der Waals surface area contributed by atoms with E-state index in [2.05, 4.69) is 20.6 Å². The van der Waals surface area contributed by atoms with Crippen LogP contribution in [-0.4, -0.2) is 33.6 Å². The van der Waals surface area contributed by atoms with Crippen LogP contribution in [0.1, 0.15) is 27.3 Å². The van der Waals surface area contributed by atoms with Gasteiger partial charge >= 0.3 is 12.0 Å². The maximum absolute atomic E-state index is 11.7. The maximum atomic E-state index is 11.7. The average molecular weight is 314 g/mol. The van der Waals surface area contributed by atoms with Crippen molar-refractivity contribution in [1.29, 1.82) is 0 Å². The van der Waals surface area contributed by atoms with Gasteiger partial charge in [-0.25, -0.2) is 9.59 Å². The van der Waals surface area contributed by atoms with Crippen LogP contribution in [0.5, 0.6) is 0 Å². The highest BCUT2D eigenvalue weighted by molar-refractivity contribution is 5.87. The van der Waals surface area contributed by atoms with Crippen molar-refractivity contribution in [3.8, 4) is 0 Å². The third kappa shape index (κ3) is 5.39. The second-order valence-corrected chi connectivity index (χ2v) is 5.01. The minimum atomic E-state index is -0.971. The van der Waals surface area contributed by atoms with Crippen LogP contribution in [0.2, 0.25) is 0 Å². The fourth-order valence-corrected chi connectivity index (χ4v) is 1.86. The number of aromatic nitrogens is 2. The molecular weight excluding hydrogens is 296 g/mol. The first kappa shape index (κ1) is 16.4.